The zero-order valence-corrected chi connectivity index (χ0v) is 10.4. The van der Waals surface area contributed by atoms with Crippen molar-refractivity contribution in [2.45, 2.75) is 13.8 Å². The number of ether oxygens (including phenoxy) is 1. The molecule has 19 heavy (non-hydrogen) atoms. The number of hydrazone groups is 2. The van der Waals surface area contributed by atoms with E-state index in [4.69, 9.17) is 4.74 Å². The first kappa shape index (κ1) is 14.3. The molecular weight excluding hydrogens is 250 g/mol. The van der Waals surface area contributed by atoms with Gasteiger partial charge in [-0.1, -0.05) is 21.4 Å². The molecule has 0 radical (unpaired) electrons. The summed E-state index contributed by atoms with van der Waals surface area (Å²) >= 11 is 0. The highest BCUT2D eigenvalue weighted by molar-refractivity contribution is 5.96. The molecule has 0 saturated heterocycles. The zero-order chi connectivity index (χ0) is 14.3. The Bertz CT molecular complexity index is 554. The van der Waals surface area contributed by atoms with Gasteiger partial charge in [0.2, 0.25) is 0 Å². The van der Waals surface area contributed by atoms with E-state index >= 15 is 0 Å². The molecule has 0 bridgehead atoms. The molecule has 0 heterocycles. The van der Waals surface area contributed by atoms with Crippen molar-refractivity contribution in [2.75, 3.05) is 6.61 Å². The van der Waals surface area contributed by atoms with E-state index in [2.05, 4.69) is 10.2 Å². The Balaban J connectivity index is 3.21. The molecule has 1 amide bonds. The van der Waals surface area contributed by atoms with Crippen molar-refractivity contribution in [3.8, 4) is 5.75 Å². The van der Waals surface area contributed by atoms with E-state index in [0.29, 0.717) is 23.0 Å². The standard InChI is InChI=1S/C12H11N3O4/c1-3-19-11-6-4-5-10(9(11)2)12(18)15(13-7-16)14-8-17/h4-6H,3H2,1-2H3. The van der Waals surface area contributed by atoms with Crippen molar-refractivity contribution in [2.24, 2.45) is 10.2 Å². The quantitative estimate of drug-likeness (QED) is 0.454. The molecule has 1 aromatic rings. The van der Waals surface area contributed by atoms with Crippen LogP contribution in [0.15, 0.2) is 28.4 Å². The largest absolute Gasteiger partial charge is 0.494 e. The summed E-state index contributed by atoms with van der Waals surface area (Å²) in [5, 5.41) is 6.36. The smallest absolute Gasteiger partial charge is 0.297 e. The molecule has 98 valence electrons. The lowest BCUT2D eigenvalue weighted by atomic mass is 10.1. The summed E-state index contributed by atoms with van der Waals surface area (Å²) < 4.78 is 5.34. The van der Waals surface area contributed by atoms with E-state index < -0.39 is 5.91 Å². The van der Waals surface area contributed by atoms with Crippen molar-refractivity contribution in [1.29, 1.82) is 0 Å². The van der Waals surface area contributed by atoms with E-state index in [1.807, 2.05) is 6.92 Å². The third kappa shape index (κ3) is 3.35. The van der Waals surface area contributed by atoms with Crippen molar-refractivity contribution >= 4 is 18.1 Å². The minimum atomic E-state index is -0.745. The van der Waals surface area contributed by atoms with E-state index in [0.717, 1.165) is 12.2 Å². The number of isocyanates is 2. The Hall–Kier alpha value is -2.75. The van der Waals surface area contributed by atoms with Crippen LogP contribution in [0.25, 0.3) is 0 Å². The minimum Gasteiger partial charge on any atom is -0.494 e. The number of carbonyl (C=O) groups is 1. The van der Waals surface area contributed by atoms with Gasteiger partial charge in [0, 0.05) is 11.1 Å². The van der Waals surface area contributed by atoms with Gasteiger partial charge in [-0.25, -0.2) is 9.59 Å². The molecular formula is C12H11N3O4. The van der Waals surface area contributed by atoms with Crippen LogP contribution in [0.4, 0.5) is 0 Å². The molecule has 0 aliphatic rings. The van der Waals surface area contributed by atoms with Crippen LogP contribution in [0.2, 0.25) is 0 Å². The maximum atomic E-state index is 12.0. The van der Waals surface area contributed by atoms with E-state index in [-0.39, 0.29) is 5.56 Å². The Morgan fingerprint density at radius 3 is 2.47 bits per heavy atom. The van der Waals surface area contributed by atoms with Gasteiger partial charge in [-0.15, -0.1) is 0 Å². The SMILES string of the molecule is CCOc1cccc(C(=O)N(N=C=O)N=C=O)c1C. The summed E-state index contributed by atoms with van der Waals surface area (Å²) in [6.07, 6.45) is 2.28. The fourth-order valence-corrected chi connectivity index (χ4v) is 1.46. The highest BCUT2D eigenvalue weighted by atomic mass is 16.5. The summed E-state index contributed by atoms with van der Waals surface area (Å²) in [4.78, 5) is 32.4. The molecule has 0 saturated carbocycles. The van der Waals surface area contributed by atoms with Crippen LogP contribution in [0, 0.1) is 6.92 Å². The number of hydrogen-bond donors (Lipinski definition) is 0. The van der Waals surface area contributed by atoms with Crippen LogP contribution in [0.1, 0.15) is 22.8 Å². The Morgan fingerprint density at radius 1 is 1.32 bits per heavy atom. The summed E-state index contributed by atoms with van der Waals surface area (Å²) in [7, 11) is 0. The third-order valence-corrected chi connectivity index (χ3v) is 2.27. The minimum absolute atomic E-state index is 0.212. The van der Waals surface area contributed by atoms with Crippen molar-refractivity contribution in [1.82, 2.24) is 5.12 Å². The van der Waals surface area contributed by atoms with E-state index in [1.165, 1.54) is 6.07 Å². The molecule has 1 aromatic carbocycles. The number of benzene rings is 1. The van der Waals surface area contributed by atoms with Crippen molar-refractivity contribution in [3.63, 3.8) is 0 Å². The van der Waals surface area contributed by atoms with Crippen LogP contribution in [0.5, 0.6) is 5.75 Å². The Morgan fingerprint density at radius 2 is 1.95 bits per heavy atom. The summed E-state index contributed by atoms with van der Waals surface area (Å²) in [5.41, 5.74) is 0.769. The highest BCUT2D eigenvalue weighted by Crippen LogP contribution is 2.22. The first-order valence-electron chi connectivity index (χ1n) is 5.38. The summed E-state index contributed by atoms with van der Waals surface area (Å²) in [6, 6.07) is 4.82. The van der Waals surface area contributed by atoms with Crippen LogP contribution >= 0.6 is 0 Å². The maximum absolute atomic E-state index is 12.0. The van der Waals surface area contributed by atoms with Crippen LogP contribution in [-0.4, -0.2) is 29.8 Å². The first-order valence-corrected chi connectivity index (χ1v) is 5.38. The van der Waals surface area contributed by atoms with Gasteiger partial charge in [0.05, 0.1) is 6.61 Å². The third-order valence-electron chi connectivity index (χ3n) is 2.27. The average molecular weight is 261 g/mol. The molecule has 0 fully saturated rings. The average Bonchev–Trinajstić information content (AvgIpc) is 2.40. The van der Waals surface area contributed by atoms with Gasteiger partial charge in [-0.05, 0) is 26.0 Å². The molecule has 0 N–H and O–H groups in total. The van der Waals surface area contributed by atoms with E-state index in [1.54, 1.807) is 19.1 Å². The Kier molecular flexibility index (Phi) is 5.17. The monoisotopic (exact) mass is 261 g/mol. The molecule has 0 aromatic heterocycles. The molecule has 1 rings (SSSR count). The molecule has 0 spiro atoms. The second-order valence-electron chi connectivity index (χ2n) is 3.34. The second-order valence-corrected chi connectivity index (χ2v) is 3.34. The summed E-state index contributed by atoms with van der Waals surface area (Å²) in [5.74, 6) is -0.218. The maximum Gasteiger partial charge on any atom is 0.297 e. The lowest BCUT2D eigenvalue weighted by molar-refractivity contribution is 0.0763. The predicted octanol–water partition coefficient (Wildman–Crippen LogP) is 1.34. The Labute approximate surface area is 109 Å². The highest BCUT2D eigenvalue weighted by Gasteiger charge is 2.19. The second kappa shape index (κ2) is 6.86. The number of hydrogen-bond acceptors (Lipinski definition) is 6. The predicted molar refractivity (Wildman–Crippen MR) is 64.8 cm³/mol. The number of amides is 1. The van der Waals surface area contributed by atoms with Crippen LogP contribution < -0.4 is 4.74 Å². The number of rotatable bonds is 5. The topological polar surface area (TPSA) is 88.4 Å². The zero-order valence-electron chi connectivity index (χ0n) is 10.4. The fraction of sp³-hybridized carbons (Fsp3) is 0.250. The van der Waals surface area contributed by atoms with Crippen molar-refractivity contribution in [3.05, 3.63) is 29.3 Å². The van der Waals surface area contributed by atoms with Gasteiger partial charge in [-0.3, -0.25) is 4.79 Å². The van der Waals surface area contributed by atoms with Crippen LogP contribution in [0.3, 0.4) is 0 Å². The summed E-state index contributed by atoms with van der Waals surface area (Å²) in [6.45, 7) is 3.93. The number of nitrogens with zero attached hydrogens (tertiary/aromatic N) is 3. The van der Waals surface area contributed by atoms with Gasteiger partial charge < -0.3 is 4.74 Å². The molecule has 0 unspecified atom stereocenters. The van der Waals surface area contributed by atoms with Gasteiger partial charge >= 0.3 is 0 Å². The van der Waals surface area contributed by atoms with Gasteiger partial charge in [0.15, 0.2) is 0 Å². The molecule has 7 heteroatoms. The van der Waals surface area contributed by atoms with Crippen LogP contribution in [-0.2, 0) is 9.59 Å². The van der Waals surface area contributed by atoms with Crippen molar-refractivity contribution < 1.29 is 19.1 Å². The van der Waals surface area contributed by atoms with Gasteiger partial charge in [0.1, 0.15) is 5.75 Å². The molecule has 0 atom stereocenters. The van der Waals surface area contributed by atoms with E-state index in [9.17, 15) is 14.4 Å². The molecule has 0 aliphatic carbocycles. The van der Waals surface area contributed by atoms with Gasteiger partial charge in [-0.2, -0.15) is 0 Å². The fourth-order valence-electron chi connectivity index (χ4n) is 1.46. The normalized spacial score (nSPS) is 8.95. The van der Waals surface area contributed by atoms with Gasteiger partial charge in [0.25, 0.3) is 18.1 Å². The number of carbonyl (C=O) groups excluding carboxylic acids is 3. The molecule has 0 aliphatic heterocycles. The molecule has 7 nitrogen and oxygen atoms in total. The first-order chi connectivity index (χ1) is 9.15. The lowest BCUT2D eigenvalue weighted by Crippen LogP contribution is -2.21. The lowest BCUT2D eigenvalue weighted by Gasteiger charge is -2.12.